The van der Waals surface area contributed by atoms with E-state index in [-0.39, 0.29) is 17.2 Å². The third-order valence-electron chi connectivity index (χ3n) is 5.14. The molecule has 130 valence electrons. The molecule has 1 aromatic heterocycles. The highest BCUT2D eigenvalue weighted by Crippen LogP contribution is 2.29. The number of rotatable bonds is 6. The number of aryl methyl sites for hydroxylation is 2. The highest BCUT2D eigenvalue weighted by atomic mass is 16.5. The third-order valence-corrected chi connectivity index (χ3v) is 5.14. The van der Waals surface area contributed by atoms with Gasteiger partial charge in [-0.1, -0.05) is 0 Å². The van der Waals surface area contributed by atoms with Crippen molar-refractivity contribution in [3.63, 3.8) is 0 Å². The van der Waals surface area contributed by atoms with Crippen molar-refractivity contribution in [2.24, 2.45) is 12.5 Å². The standard InChI is InChI=1S/C17H30N4O2/c1-12(15-13(2)20-21(4)14(15)3)16(22)19-10-17(11-23-5)6-8-18-9-7-17/h12,18H,6-11H2,1-5H3,(H,19,22). The van der Waals surface area contributed by atoms with Gasteiger partial charge in [0.15, 0.2) is 0 Å². The fourth-order valence-corrected chi connectivity index (χ4v) is 3.61. The van der Waals surface area contributed by atoms with E-state index in [4.69, 9.17) is 4.74 Å². The summed E-state index contributed by atoms with van der Waals surface area (Å²) in [5.41, 5.74) is 3.07. The first kappa shape index (κ1) is 17.9. The van der Waals surface area contributed by atoms with Crippen LogP contribution in [0.15, 0.2) is 0 Å². The van der Waals surface area contributed by atoms with Crippen molar-refractivity contribution >= 4 is 5.91 Å². The van der Waals surface area contributed by atoms with Gasteiger partial charge in [0.25, 0.3) is 0 Å². The number of piperidine rings is 1. The zero-order valence-electron chi connectivity index (χ0n) is 15.0. The molecule has 23 heavy (non-hydrogen) atoms. The Morgan fingerprint density at radius 1 is 1.43 bits per heavy atom. The Balaban J connectivity index is 2.03. The van der Waals surface area contributed by atoms with Crippen LogP contribution >= 0.6 is 0 Å². The normalized spacial score (nSPS) is 18.7. The number of carbonyl (C=O) groups excluding carboxylic acids is 1. The molecule has 1 aromatic rings. The first-order valence-corrected chi connectivity index (χ1v) is 8.38. The lowest BCUT2D eigenvalue weighted by atomic mass is 9.79. The van der Waals surface area contributed by atoms with E-state index in [1.54, 1.807) is 7.11 Å². The van der Waals surface area contributed by atoms with Crippen molar-refractivity contribution in [2.75, 3.05) is 33.4 Å². The number of ether oxygens (including phenoxy) is 1. The Morgan fingerprint density at radius 2 is 2.09 bits per heavy atom. The van der Waals surface area contributed by atoms with Crippen LogP contribution in [0.4, 0.5) is 0 Å². The van der Waals surface area contributed by atoms with Crippen molar-refractivity contribution in [3.05, 3.63) is 17.0 Å². The van der Waals surface area contributed by atoms with Gasteiger partial charge in [-0.25, -0.2) is 0 Å². The number of amides is 1. The molecule has 0 radical (unpaired) electrons. The minimum Gasteiger partial charge on any atom is -0.384 e. The van der Waals surface area contributed by atoms with Crippen molar-refractivity contribution in [1.29, 1.82) is 0 Å². The highest BCUT2D eigenvalue weighted by molar-refractivity contribution is 5.83. The van der Waals surface area contributed by atoms with E-state index in [1.807, 2.05) is 32.5 Å². The van der Waals surface area contributed by atoms with Crippen molar-refractivity contribution < 1.29 is 9.53 Å². The van der Waals surface area contributed by atoms with Crippen LogP contribution in [-0.2, 0) is 16.6 Å². The maximum Gasteiger partial charge on any atom is 0.227 e. The van der Waals surface area contributed by atoms with Crippen molar-refractivity contribution in [3.8, 4) is 0 Å². The van der Waals surface area contributed by atoms with Crippen LogP contribution in [0, 0.1) is 19.3 Å². The molecule has 1 amide bonds. The molecular weight excluding hydrogens is 292 g/mol. The van der Waals surface area contributed by atoms with Crippen LogP contribution in [-0.4, -0.2) is 49.0 Å². The summed E-state index contributed by atoms with van der Waals surface area (Å²) in [7, 11) is 3.65. The molecular formula is C17H30N4O2. The monoisotopic (exact) mass is 322 g/mol. The minimum absolute atomic E-state index is 0.0500. The maximum absolute atomic E-state index is 12.6. The van der Waals surface area contributed by atoms with Gasteiger partial charge in [-0.2, -0.15) is 5.10 Å². The number of hydrogen-bond acceptors (Lipinski definition) is 4. The minimum atomic E-state index is -0.190. The highest BCUT2D eigenvalue weighted by Gasteiger charge is 2.33. The van der Waals surface area contributed by atoms with Crippen LogP contribution in [0.3, 0.4) is 0 Å². The number of hydrogen-bond donors (Lipinski definition) is 2. The van der Waals surface area contributed by atoms with Gasteiger partial charge in [-0.05, 0) is 46.7 Å². The quantitative estimate of drug-likeness (QED) is 0.828. The molecule has 1 fully saturated rings. The number of methoxy groups -OCH3 is 1. The molecule has 1 aliphatic rings. The van der Waals surface area contributed by atoms with Gasteiger partial charge in [-0.3, -0.25) is 9.48 Å². The summed E-state index contributed by atoms with van der Waals surface area (Å²) in [6.07, 6.45) is 2.06. The molecule has 0 spiro atoms. The first-order chi connectivity index (χ1) is 10.9. The van der Waals surface area contributed by atoms with E-state index in [9.17, 15) is 4.79 Å². The molecule has 0 aromatic carbocycles. The Kier molecular flexibility index (Phi) is 5.81. The molecule has 0 bridgehead atoms. The molecule has 6 nitrogen and oxygen atoms in total. The van der Waals surface area contributed by atoms with Crippen LogP contribution in [0.5, 0.6) is 0 Å². The second kappa shape index (κ2) is 7.45. The largest absolute Gasteiger partial charge is 0.384 e. The zero-order valence-corrected chi connectivity index (χ0v) is 15.0. The average Bonchev–Trinajstić information content (AvgIpc) is 2.78. The predicted molar refractivity (Wildman–Crippen MR) is 90.5 cm³/mol. The molecule has 0 saturated carbocycles. The molecule has 1 unspecified atom stereocenters. The van der Waals surface area contributed by atoms with Gasteiger partial charge in [0, 0.05) is 37.4 Å². The lowest BCUT2D eigenvalue weighted by Crippen LogP contribution is -2.47. The lowest BCUT2D eigenvalue weighted by molar-refractivity contribution is -0.123. The van der Waals surface area contributed by atoms with Crippen LogP contribution in [0.25, 0.3) is 0 Å². The van der Waals surface area contributed by atoms with Gasteiger partial charge in [0.05, 0.1) is 18.2 Å². The van der Waals surface area contributed by atoms with Gasteiger partial charge < -0.3 is 15.4 Å². The van der Waals surface area contributed by atoms with E-state index >= 15 is 0 Å². The Bertz CT molecular complexity index is 542. The van der Waals surface area contributed by atoms with Crippen LogP contribution < -0.4 is 10.6 Å². The van der Waals surface area contributed by atoms with Crippen LogP contribution in [0.2, 0.25) is 0 Å². The summed E-state index contributed by atoms with van der Waals surface area (Å²) in [5.74, 6) is -0.122. The number of aromatic nitrogens is 2. The summed E-state index contributed by atoms with van der Waals surface area (Å²) >= 11 is 0. The van der Waals surface area contributed by atoms with Gasteiger partial charge in [0.1, 0.15) is 0 Å². The SMILES string of the molecule is COCC1(CNC(=O)C(C)c2c(C)nn(C)c2C)CCNCC1. The second-order valence-corrected chi connectivity index (χ2v) is 6.83. The Hall–Kier alpha value is -1.40. The third kappa shape index (κ3) is 3.93. The van der Waals surface area contributed by atoms with Crippen molar-refractivity contribution in [1.82, 2.24) is 20.4 Å². The topological polar surface area (TPSA) is 68.2 Å². The Morgan fingerprint density at radius 3 is 2.61 bits per heavy atom. The molecule has 1 aliphatic heterocycles. The van der Waals surface area contributed by atoms with Gasteiger partial charge in [0.2, 0.25) is 5.91 Å². The van der Waals surface area contributed by atoms with E-state index in [2.05, 4.69) is 15.7 Å². The predicted octanol–water partition coefficient (Wildman–Crippen LogP) is 1.27. The lowest BCUT2D eigenvalue weighted by Gasteiger charge is -2.37. The van der Waals surface area contributed by atoms with Crippen LogP contribution in [0.1, 0.15) is 42.6 Å². The van der Waals surface area contributed by atoms with E-state index in [0.29, 0.717) is 13.2 Å². The molecule has 2 N–H and O–H groups in total. The average molecular weight is 322 g/mol. The molecule has 2 rings (SSSR count). The first-order valence-electron chi connectivity index (χ1n) is 8.38. The fourth-order valence-electron chi connectivity index (χ4n) is 3.61. The van der Waals surface area contributed by atoms with Gasteiger partial charge >= 0.3 is 0 Å². The summed E-state index contributed by atoms with van der Waals surface area (Å²) in [4.78, 5) is 12.6. The number of carbonyl (C=O) groups is 1. The molecule has 2 heterocycles. The van der Waals surface area contributed by atoms with Crippen molar-refractivity contribution in [2.45, 2.75) is 39.5 Å². The fraction of sp³-hybridized carbons (Fsp3) is 0.765. The van der Waals surface area contributed by atoms with E-state index < -0.39 is 0 Å². The zero-order chi connectivity index (χ0) is 17.0. The van der Waals surface area contributed by atoms with Gasteiger partial charge in [-0.15, -0.1) is 0 Å². The summed E-state index contributed by atoms with van der Waals surface area (Å²) in [6.45, 7) is 9.25. The molecule has 1 saturated heterocycles. The molecule has 0 aliphatic carbocycles. The summed E-state index contributed by atoms with van der Waals surface area (Å²) in [6, 6.07) is 0. The molecule has 6 heteroatoms. The maximum atomic E-state index is 12.6. The number of nitrogens with zero attached hydrogens (tertiary/aromatic N) is 2. The molecule has 1 atom stereocenters. The smallest absolute Gasteiger partial charge is 0.227 e. The summed E-state index contributed by atoms with van der Waals surface area (Å²) < 4.78 is 7.25. The van der Waals surface area contributed by atoms with E-state index in [0.717, 1.165) is 42.9 Å². The second-order valence-electron chi connectivity index (χ2n) is 6.83. The van der Waals surface area contributed by atoms with E-state index in [1.165, 1.54) is 0 Å². The Labute approximate surface area is 139 Å². The number of nitrogens with one attached hydrogen (secondary N) is 2. The summed E-state index contributed by atoms with van der Waals surface area (Å²) in [5, 5.41) is 10.9.